The van der Waals surface area contributed by atoms with Crippen molar-refractivity contribution >= 4 is 33.9 Å². The summed E-state index contributed by atoms with van der Waals surface area (Å²) in [5.41, 5.74) is -0.119. The van der Waals surface area contributed by atoms with Crippen molar-refractivity contribution in [2.75, 3.05) is 5.32 Å². The molecule has 0 spiro atoms. The highest BCUT2D eigenvalue weighted by Crippen LogP contribution is 2.28. The van der Waals surface area contributed by atoms with Gasteiger partial charge >= 0.3 is 5.97 Å². The molecule has 8 heteroatoms. The first-order valence-corrected chi connectivity index (χ1v) is 6.59. The second kappa shape index (κ2) is 5.71. The predicted octanol–water partition coefficient (Wildman–Crippen LogP) is 2.92. The summed E-state index contributed by atoms with van der Waals surface area (Å²) in [6.07, 6.45) is 0. The Hall–Kier alpha value is -2.74. The SMILES string of the molecule is Cc1cc(C(=O)O)c(NC(=O)c2cccc([N+](=O)[O-])c2)s1. The van der Waals surface area contributed by atoms with Crippen molar-refractivity contribution in [3.63, 3.8) is 0 Å². The summed E-state index contributed by atoms with van der Waals surface area (Å²) < 4.78 is 0. The van der Waals surface area contributed by atoms with Crippen LogP contribution >= 0.6 is 11.3 Å². The Morgan fingerprint density at radius 1 is 1.33 bits per heavy atom. The second-order valence-corrected chi connectivity index (χ2v) is 5.42. The summed E-state index contributed by atoms with van der Waals surface area (Å²) in [6, 6.07) is 6.68. The Labute approximate surface area is 123 Å². The number of carboxylic acid groups (broad SMARTS) is 1. The van der Waals surface area contributed by atoms with Crippen LogP contribution in [0.3, 0.4) is 0 Å². The number of aromatic carboxylic acids is 1. The number of nitrogens with zero attached hydrogens (tertiary/aromatic N) is 1. The normalized spacial score (nSPS) is 10.1. The molecule has 0 aliphatic rings. The van der Waals surface area contributed by atoms with E-state index in [9.17, 15) is 19.7 Å². The molecule has 2 N–H and O–H groups in total. The molecular formula is C13H10N2O5S. The van der Waals surface area contributed by atoms with E-state index in [1.54, 1.807) is 6.92 Å². The Kier molecular flexibility index (Phi) is 3.99. The van der Waals surface area contributed by atoms with Gasteiger partial charge in [0, 0.05) is 22.6 Å². The number of benzene rings is 1. The molecule has 0 saturated carbocycles. The Balaban J connectivity index is 2.28. The van der Waals surface area contributed by atoms with Crippen LogP contribution in [0.2, 0.25) is 0 Å². The molecule has 0 saturated heterocycles. The Morgan fingerprint density at radius 2 is 2.05 bits per heavy atom. The molecule has 21 heavy (non-hydrogen) atoms. The van der Waals surface area contributed by atoms with Gasteiger partial charge in [-0.05, 0) is 19.1 Å². The largest absolute Gasteiger partial charge is 0.478 e. The molecule has 1 amide bonds. The molecule has 0 radical (unpaired) electrons. The molecule has 0 atom stereocenters. The van der Waals surface area contributed by atoms with Crippen LogP contribution in [0.25, 0.3) is 0 Å². The van der Waals surface area contributed by atoms with E-state index < -0.39 is 16.8 Å². The van der Waals surface area contributed by atoms with E-state index in [-0.39, 0.29) is 21.8 Å². The average Bonchev–Trinajstić information content (AvgIpc) is 2.80. The molecule has 0 aliphatic heterocycles. The molecule has 108 valence electrons. The average molecular weight is 306 g/mol. The monoisotopic (exact) mass is 306 g/mol. The van der Waals surface area contributed by atoms with Crippen molar-refractivity contribution in [2.45, 2.75) is 6.92 Å². The van der Waals surface area contributed by atoms with Gasteiger partial charge in [-0.1, -0.05) is 6.07 Å². The minimum Gasteiger partial charge on any atom is -0.478 e. The lowest BCUT2D eigenvalue weighted by Gasteiger charge is -2.04. The van der Waals surface area contributed by atoms with Gasteiger partial charge in [-0.3, -0.25) is 14.9 Å². The summed E-state index contributed by atoms with van der Waals surface area (Å²) in [5, 5.41) is 22.4. The predicted molar refractivity (Wildman–Crippen MR) is 77.1 cm³/mol. The lowest BCUT2D eigenvalue weighted by atomic mass is 10.2. The van der Waals surface area contributed by atoms with E-state index in [2.05, 4.69) is 5.32 Å². The van der Waals surface area contributed by atoms with Crippen LogP contribution in [0.5, 0.6) is 0 Å². The van der Waals surface area contributed by atoms with Gasteiger partial charge in [0.15, 0.2) is 0 Å². The fraction of sp³-hybridized carbons (Fsp3) is 0.0769. The molecular weight excluding hydrogens is 296 g/mol. The highest BCUT2D eigenvalue weighted by Gasteiger charge is 2.18. The Morgan fingerprint density at radius 3 is 2.67 bits per heavy atom. The summed E-state index contributed by atoms with van der Waals surface area (Å²) in [4.78, 5) is 33.9. The van der Waals surface area contributed by atoms with Crippen LogP contribution < -0.4 is 5.32 Å². The number of anilines is 1. The number of rotatable bonds is 4. The second-order valence-electron chi connectivity index (χ2n) is 4.17. The number of nitro benzene ring substituents is 1. The molecule has 1 aromatic carbocycles. The maximum absolute atomic E-state index is 12.1. The van der Waals surface area contributed by atoms with E-state index in [0.717, 1.165) is 22.3 Å². The van der Waals surface area contributed by atoms with Crippen molar-refractivity contribution in [2.24, 2.45) is 0 Å². The molecule has 2 aromatic rings. The molecule has 1 heterocycles. The number of nitrogens with one attached hydrogen (secondary N) is 1. The highest BCUT2D eigenvalue weighted by molar-refractivity contribution is 7.16. The number of amides is 1. The van der Waals surface area contributed by atoms with Crippen LogP contribution in [0.1, 0.15) is 25.6 Å². The van der Waals surface area contributed by atoms with Gasteiger partial charge in [0.2, 0.25) is 0 Å². The number of carbonyl (C=O) groups excluding carboxylic acids is 1. The van der Waals surface area contributed by atoms with Crippen molar-refractivity contribution in [3.8, 4) is 0 Å². The summed E-state index contributed by atoms with van der Waals surface area (Å²) >= 11 is 1.13. The first kappa shape index (κ1) is 14.7. The van der Waals surface area contributed by atoms with Crippen LogP contribution in [0.4, 0.5) is 10.7 Å². The molecule has 1 aromatic heterocycles. The van der Waals surface area contributed by atoms with Crippen LogP contribution in [-0.4, -0.2) is 21.9 Å². The topological polar surface area (TPSA) is 110 Å². The van der Waals surface area contributed by atoms with Crippen molar-refractivity contribution in [1.82, 2.24) is 0 Å². The number of carbonyl (C=O) groups is 2. The number of hydrogen-bond acceptors (Lipinski definition) is 5. The summed E-state index contributed by atoms with van der Waals surface area (Å²) in [7, 11) is 0. The standard InChI is InChI=1S/C13H10N2O5S/c1-7-5-10(13(17)18)12(21-7)14-11(16)8-3-2-4-9(6-8)15(19)20/h2-6H,1H3,(H,14,16)(H,17,18). The fourth-order valence-electron chi connectivity index (χ4n) is 1.70. The molecule has 0 fully saturated rings. The molecule has 2 rings (SSSR count). The first-order chi connectivity index (χ1) is 9.88. The first-order valence-electron chi connectivity index (χ1n) is 5.78. The zero-order valence-corrected chi connectivity index (χ0v) is 11.6. The molecule has 0 unspecified atom stereocenters. The van der Waals surface area contributed by atoms with E-state index in [1.165, 1.54) is 24.3 Å². The number of non-ortho nitro benzene ring substituents is 1. The fourth-order valence-corrected chi connectivity index (χ4v) is 2.60. The van der Waals surface area contributed by atoms with E-state index in [0.29, 0.717) is 0 Å². The van der Waals surface area contributed by atoms with Gasteiger partial charge in [-0.15, -0.1) is 11.3 Å². The number of thiophene rings is 1. The Bertz CT molecular complexity index is 738. The van der Waals surface area contributed by atoms with E-state index in [4.69, 9.17) is 5.11 Å². The van der Waals surface area contributed by atoms with Crippen LogP contribution in [0, 0.1) is 17.0 Å². The van der Waals surface area contributed by atoms with Gasteiger partial charge in [0.1, 0.15) is 5.00 Å². The van der Waals surface area contributed by atoms with Gasteiger partial charge in [-0.2, -0.15) is 0 Å². The number of hydrogen-bond donors (Lipinski definition) is 2. The van der Waals surface area contributed by atoms with Crippen molar-refractivity contribution in [1.29, 1.82) is 0 Å². The highest BCUT2D eigenvalue weighted by atomic mass is 32.1. The number of nitro groups is 1. The minimum atomic E-state index is -1.14. The van der Waals surface area contributed by atoms with Gasteiger partial charge < -0.3 is 10.4 Å². The van der Waals surface area contributed by atoms with E-state index >= 15 is 0 Å². The third-order valence-corrected chi connectivity index (χ3v) is 3.60. The number of carboxylic acids is 1. The minimum absolute atomic E-state index is 0.00344. The van der Waals surface area contributed by atoms with Gasteiger partial charge in [-0.25, -0.2) is 4.79 Å². The third-order valence-electron chi connectivity index (χ3n) is 2.63. The zero-order chi connectivity index (χ0) is 15.6. The van der Waals surface area contributed by atoms with Crippen molar-refractivity contribution < 1.29 is 19.6 Å². The lowest BCUT2D eigenvalue weighted by molar-refractivity contribution is -0.384. The maximum atomic E-state index is 12.1. The smallest absolute Gasteiger partial charge is 0.338 e. The quantitative estimate of drug-likeness (QED) is 0.666. The summed E-state index contributed by atoms with van der Waals surface area (Å²) in [5.74, 6) is -1.74. The molecule has 7 nitrogen and oxygen atoms in total. The third kappa shape index (κ3) is 3.23. The van der Waals surface area contributed by atoms with Gasteiger partial charge in [0.05, 0.1) is 10.5 Å². The molecule has 0 aliphatic carbocycles. The zero-order valence-electron chi connectivity index (χ0n) is 10.8. The lowest BCUT2D eigenvalue weighted by Crippen LogP contribution is -2.13. The van der Waals surface area contributed by atoms with Crippen LogP contribution in [-0.2, 0) is 0 Å². The van der Waals surface area contributed by atoms with Crippen LogP contribution in [0.15, 0.2) is 30.3 Å². The molecule has 0 bridgehead atoms. The summed E-state index contributed by atoms with van der Waals surface area (Å²) in [6.45, 7) is 1.72. The van der Waals surface area contributed by atoms with Gasteiger partial charge in [0.25, 0.3) is 11.6 Å². The van der Waals surface area contributed by atoms with Crippen molar-refractivity contribution in [3.05, 3.63) is 56.5 Å². The van der Waals surface area contributed by atoms with E-state index in [1.807, 2.05) is 0 Å². The maximum Gasteiger partial charge on any atom is 0.338 e. The number of aryl methyl sites for hydroxylation is 1.